The van der Waals surface area contributed by atoms with E-state index in [0.717, 1.165) is 49.3 Å². The summed E-state index contributed by atoms with van der Waals surface area (Å²) in [6.45, 7) is 8.47. The van der Waals surface area contributed by atoms with E-state index in [0.29, 0.717) is 5.69 Å². The normalized spacial score (nSPS) is 23.7. The maximum absolute atomic E-state index is 13.1. The highest BCUT2D eigenvalue weighted by atomic mass is 32.1. The zero-order valence-corrected chi connectivity index (χ0v) is 16.6. The fourth-order valence-corrected chi connectivity index (χ4v) is 4.13. The Kier molecular flexibility index (Phi) is 5.16. The lowest BCUT2D eigenvalue weighted by atomic mass is 9.82. The molecule has 3 nitrogen and oxygen atoms in total. The fraction of sp³-hybridized carbons (Fsp3) is 0.667. The van der Waals surface area contributed by atoms with Crippen molar-refractivity contribution in [3.8, 4) is 16.9 Å². The Morgan fingerprint density at radius 3 is 2.40 bits per heavy atom. The lowest BCUT2D eigenvalue weighted by molar-refractivity contribution is -0.123. The molecule has 0 aromatic carbocycles. The van der Waals surface area contributed by atoms with Gasteiger partial charge in [0.25, 0.3) is 0 Å². The van der Waals surface area contributed by atoms with Gasteiger partial charge in [-0.05, 0) is 71.3 Å². The molecule has 2 fully saturated rings. The van der Waals surface area contributed by atoms with E-state index in [-0.39, 0.29) is 28.3 Å². The fourth-order valence-electron chi connectivity index (χ4n) is 3.39. The monoisotopic (exact) mass is 359 g/mol. The van der Waals surface area contributed by atoms with Crippen LogP contribution in [0, 0.1) is 29.1 Å². The molecule has 0 atom stereocenters. The van der Waals surface area contributed by atoms with Gasteiger partial charge in [-0.3, -0.25) is 4.79 Å². The van der Waals surface area contributed by atoms with Crippen LogP contribution >= 0.6 is 11.3 Å². The number of rotatable bonds is 3. The molecule has 2 aliphatic carbocycles. The first-order valence-electron chi connectivity index (χ1n) is 9.43. The number of nitrogens with zero attached hydrogens (tertiary/aromatic N) is 1. The summed E-state index contributed by atoms with van der Waals surface area (Å²) >= 11 is 1.28. The van der Waals surface area contributed by atoms with Crippen molar-refractivity contribution >= 4 is 22.9 Å². The first-order valence-corrected chi connectivity index (χ1v) is 10.3. The third-order valence-electron chi connectivity index (χ3n) is 5.03. The quantitative estimate of drug-likeness (QED) is 0.756. The molecular weight excluding hydrogens is 330 g/mol. The number of thiophene rings is 1. The molecule has 3 rings (SSSR count). The highest BCUT2D eigenvalue weighted by Crippen LogP contribution is 2.43. The van der Waals surface area contributed by atoms with Crippen LogP contribution in [0.15, 0.2) is 6.07 Å². The summed E-state index contributed by atoms with van der Waals surface area (Å²) in [5.41, 5.74) is 0.596. The van der Waals surface area contributed by atoms with E-state index in [4.69, 9.17) is 0 Å². The van der Waals surface area contributed by atoms with E-state index >= 15 is 0 Å². The molecule has 25 heavy (non-hydrogen) atoms. The van der Waals surface area contributed by atoms with Crippen molar-refractivity contribution in [3.05, 3.63) is 10.9 Å². The minimum atomic E-state index is -0.0788. The Bertz CT molecular complexity index is 692. The van der Waals surface area contributed by atoms with Crippen LogP contribution in [0.1, 0.15) is 71.1 Å². The van der Waals surface area contributed by atoms with Crippen molar-refractivity contribution in [1.29, 1.82) is 0 Å². The lowest BCUT2D eigenvalue weighted by Crippen LogP contribution is -2.39. The molecule has 4 heteroatoms. The number of anilines is 1. The van der Waals surface area contributed by atoms with Gasteiger partial charge in [0.15, 0.2) is 5.06 Å². The van der Waals surface area contributed by atoms with Crippen LogP contribution < -0.4 is 4.90 Å². The number of hydrogen-bond donors (Lipinski definition) is 1. The second-order valence-corrected chi connectivity index (χ2v) is 9.73. The Morgan fingerprint density at radius 1 is 1.20 bits per heavy atom. The molecule has 0 bridgehead atoms. The number of carbonyl (C=O) groups excluding carboxylic acids is 1. The molecule has 0 radical (unpaired) electrons. The zero-order chi connectivity index (χ0) is 18.2. The molecule has 2 saturated carbocycles. The molecule has 1 heterocycles. The number of hydrogen-bond acceptors (Lipinski definition) is 3. The Balaban J connectivity index is 1.82. The van der Waals surface area contributed by atoms with Gasteiger partial charge in [-0.1, -0.05) is 30.1 Å². The van der Waals surface area contributed by atoms with E-state index < -0.39 is 0 Å². The third kappa shape index (κ3) is 4.58. The van der Waals surface area contributed by atoms with Crippen LogP contribution in [-0.2, 0) is 4.79 Å². The van der Waals surface area contributed by atoms with Gasteiger partial charge in [0.1, 0.15) is 0 Å². The van der Waals surface area contributed by atoms with E-state index in [2.05, 4.69) is 39.5 Å². The average molecular weight is 360 g/mol. The standard InChI is InChI=1S/C21H29NO2S/c1-14-5-7-15(8-6-14)19(23)22(16-9-10-16)18-13-17(25-20(18)24)11-12-21(2,3)4/h13-16,24H,5-10H2,1-4H3. The van der Waals surface area contributed by atoms with E-state index in [1.807, 2.05) is 11.0 Å². The highest BCUT2D eigenvalue weighted by molar-refractivity contribution is 7.15. The minimum absolute atomic E-state index is 0.0788. The second kappa shape index (κ2) is 7.03. The first kappa shape index (κ1) is 18.3. The Labute approximate surface area is 155 Å². The number of amides is 1. The van der Waals surface area contributed by atoms with Gasteiger partial charge in [0.2, 0.25) is 5.91 Å². The van der Waals surface area contributed by atoms with Crippen molar-refractivity contribution in [1.82, 2.24) is 0 Å². The summed E-state index contributed by atoms with van der Waals surface area (Å²) in [6.07, 6.45) is 6.29. The molecule has 0 aliphatic heterocycles. The molecule has 0 unspecified atom stereocenters. The lowest BCUT2D eigenvalue weighted by Gasteiger charge is -2.31. The molecule has 1 aromatic heterocycles. The van der Waals surface area contributed by atoms with Crippen LogP contribution in [0.5, 0.6) is 5.06 Å². The van der Waals surface area contributed by atoms with Gasteiger partial charge >= 0.3 is 0 Å². The largest absolute Gasteiger partial charge is 0.498 e. The molecule has 0 saturated heterocycles. The summed E-state index contributed by atoms with van der Waals surface area (Å²) in [7, 11) is 0. The minimum Gasteiger partial charge on any atom is -0.498 e. The molecular formula is C21H29NO2S. The number of carbonyl (C=O) groups is 1. The summed E-state index contributed by atoms with van der Waals surface area (Å²) < 4.78 is 0. The molecule has 1 N–H and O–H groups in total. The topological polar surface area (TPSA) is 40.5 Å². The van der Waals surface area contributed by atoms with Gasteiger partial charge in [-0.2, -0.15) is 0 Å². The zero-order valence-electron chi connectivity index (χ0n) is 15.8. The predicted molar refractivity (Wildman–Crippen MR) is 104 cm³/mol. The maximum Gasteiger partial charge on any atom is 0.230 e. The van der Waals surface area contributed by atoms with Crippen LogP contribution in [0.2, 0.25) is 0 Å². The van der Waals surface area contributed by atoms with Crippen molar-refractivity contribution in [2.75, 3.05) is 4.90 Å². The van der Waals surface area contributed by atoms with Crippen LogP contribution in [0.4, 0.5) is 5.69 Å². The first-order chi connectivity index (χ1) is 11.7. The predicted octanol–water partition coefficient (Wildman–Crippen LogP) is 5.17. The molecule has 136 valence electrons. The SMILES string of the molecule is CC1CCC(C(=O)N(c2cc(C#CC(C)(C)C)sc2O)C2CC2)CC1. The van der Waals surface area contributed by atoms with Crippen molar-refractivity contribution in [2.24, 2.45) is 17.3 Å². The van der Waals surface area contributed by atoms with Crippen molar-refractivity contribution in [3.63, 3.8) is 0 Å². The van der Waals surface area contributed by atoms with Gasteiger partial charge < -0.3 is 10.0 Å². The summed E-state index contributed by atoms with van der Waals surface area (Å²) in [6, 6.07) is 2.16. The molecule has 0 spiro atoms. The van der Waals surface area contributed by atoms with Gasteiger partial charge in [-0.15, -0.1) is 0 Å². The van der Waals surface area contributed by atoms with Crippen molar-refractivity contribution in [2.45, 2.75) is 72.3 Å². The molecule has 1 amide bonds. The maximum atomic E-state index is 13.1. The van der Waals surface area contributed by atoms with Gasteiger partial charge in [0.05, 0.1) is 10.6 Å². The van der Waals surface area contributed by atoms with E-state index in [9.17, 15) is 9.90 Å². The van der Waals surface area contributed by atoms with Crippen LogP contribution in [0.3, 0.4) is 0 Å². The second-order valence-electron chi connectivity index (χ2n) is 8.70. The van der Waals surface area contributed by atoms with Crippen LogP contribution in [-0.4, -0.2) is 17.1 Å². The van der Waals surface area contributed by atoms with Crippen LogP contribution in [0.25, 0.3) is 0 Å². The number of aromatic hydroxyl groups is 1. The Morgan fingerprint density at radius 2 is 1.84 bits per heavy atom. The van der Waals surface area contributed by atoms with Gasteiger partial charge in [-0.25, -0.2) is 0 Å². The highest BCUT2D eigenvalue weighted by Gasteiger charge is 2.39. The van der Waals surface area contributed by atoms with E-state index in [1.165, 1.54) is 11.3 Å². The Hall–Kier alpha value is -1.47. The summed E-state index contributed by atoms with van der Waals surface area (Å²) in [4.78, 5) is 15.9. The van der Waals surface area contributed by atoms with E-state index in [1.54, 1.807) is 0 Å². The third-order valence-corrected chi connectivity index (χ3v) is 5.87. The molecule has 2 aliphatic rings. The summed E-state index contributed by atoms with van der Waals surface area (Å²) in [5.74, 6) is 7.41. The van der Waals surface area contributed by atoms with Crippen molar-refractivity contribution < 1.29 is 9.90 Å². The van der Waals surface area contributed by atoms with Gasteiger partial charge in [0, 0.05) is 17.4 Å². The average Bonchev–Trinajstić information content (AvgIpc) is 3.29. The molecule has 1 aromatic rings. The smallest absolute Gasteiger partial charge is 0.230 e. The summed E-state index contributed by atoms with van der Waals surface area (Å²) in [5, 5.41) is 10.7.